The van der Waals surface area contributed by atoms with Crippen molar-refractivity contribution in [2.45, 2.75) is 19.4 Å². The van der Waals surface area contributed by atoms with Crippen molar-refractivity contribution >= 4 is 41.1 Å². The standard InChI is InChI=1S/C23H28N6O2/c1-14-10-21(31)29-20-5-3-4-17(23(20)28-14)15-6-7-19(27-8-9-30)18(11-15)22(25)16(12-24)13-26-2/h3-7,11-14,24,27-28,30H,8-10,25H2,1-2H3,(H,29,31)/b22-16+,24-12?,26-13?/t14-/m1/s1. The fourth-order valence-electron chi connectivity index (χ4n) is 3.59. The smallest absolute Gasteiger partial charge is 0.226 e. The van der Waals surface area contributed by atoms with Gasteiger partial charge in [-0.1, -0.05) is 18.2 Å². The summed E-state index contributed by atoms with van der Waals surface area (Å²) in [6.45, 7) is 2.32. The van der Waals surface area contributed by atoms with Crippen molar-refractivity contribution in [1.82, 2.24) is 0 Å². The van der Waals surface area contributed by atoms with Gasteiger partial charge in [0.25, 0.3) is 0 Å². The molecule has 0 saturated carbocycles. The molecule has 1 aliphatic heterocycles. The summed E-state index contributed by atoms with van der Waals surface area (Å²) in [5.74, 6) is -0.0261. The highest BCUT2D eigenvalue weighted by Crippen LogP contribution is 2.38. The Morgan fingerprint density at radius 2 is 2.19 bits per heavy atom. The number of fused-ring (bicyclic) bond motifs is 1. The number of aliphatic hydroxyl groups excluding tert-OH is 1. The molecule has 1 atom stereocenters. The number of hydrogen-bond acceptors (Lipinski definition) is 7. The third kappa shape index (κ3) is 4.92. The minimum atomic E-state index is -0.0261. The second-order valence-electron chi connectivity index (χ2n) is 7.34. The Morgan fingerprint density at radius 1 is 1.39 bits per heavy atom. The molecule has 2 aromatic rings. The fraction of sp³-hybridized carbons (Fsp3) is 0.261. The third-order valence-electron chi connectivity index (χ3n) is 5.00. The molecule has 2 aromatic carbocycles. The normalized spacial score (nSPS) is 16.6. The van der Waals surface area contributed by atoms with Crippen LogP contribution >= 0.6 is 0 Å². The lowest BCUT2D eigenvalue weighted by molar-refractivity contribution is -0.116. The molecule has 8 nitrogen and oxygen atoms in total. The lowest BCUT2D eigenvalue weighted by atomic mass is 9.96. The molecule has 0 spiro atoms. The minimum absolute atomic E-state index is 0.0115. The highest BCUT2D eigenvalue weighted by atomic mass is 16.3. The van der Waals surface area contributed by atoms with Crippen molar-refractivity contribution in [1.29, 1.82) is 5.41 Å². The molecule has 0 aliphatic carbocycles. The average Bonchev–Trinajstić information content (AvgIpc) is 2.91. The van der Waals surface area contributed by atoms with Gasteiger partial charge in [0.05, 0.1) is 23.7 Å². The van der Waals surface area contributed by atoms with E-state index in [2.05, 4.69) is 20.9 Å². The number of benzene rings is 2. The van der Waals surface area contributed by atoms with Crippen molar-refractivity contribution in [3.8, 4) is 11.1 Å². The van der Waals surface area contributed by atoms with Gasteiger partial charge < -0.3 is 32.2 Å². The van der Waals surface area contributed by atoms with Gasteiger partial charge in [-0.3, -0.25) is 9.79 Å². The maximum absolute atomic E-state index is 12.1. The number of aliphatic imine (C=N–C) groups is 1. The number of nitrogens with zero attached hydrogens (tertiary/aromatic N) is 1. The number of anilines is 3. The van der Waals surface area contributed by atoms with Gasteiger partial charge in [0.1, 0.15) is 0 Å². The number of hydrogen-bond donors (Lipinski definition) is 6. The Morgan fingerprint density at radius 3 is 2.90 bits per heavy atom. The molecule has 0 unspecified atom stereocenters. The van der Waals surface area contributed by atoms with Crippen LogP contribution in [0.1, 0.15) is 18.9 Å². The van der Waals surface area contributed by atoms with Crippen LogP contribution in [0.2, 0.25) is 0 Å². The van der Waals surface area contributed by atoms with Crippen molar-refractivity contribution in [3.05, 3.63) is 47.5 Å². The number of allylic oxidation sites excluding steroid dienone is 1. The zero-order valence-corrected chi connectivity index (χ0v) is 17.7. The molecule has 1 amide bonds. The second kappa shape index (κ2) is 9.90. The highest BCUT2D eigenvalue weighted by molar-refractivity contribution is 6.11. The maximum Gasteiger partial charge on any atom is 0.226 e. The minimum Gasteiger partial charge on any atom is -0.398 e. The van der Waals surface area contributed by atoms with E-state index >= 15 is 0 Å². The van der Waals surface area contributed by atoms with Crippen LogP contribution in [-0.4, -0.2) is 49.7 Å². The van der Waals surface area contributed by atoms with Crippen LogP contribution in [0, 0.1) is 5.41 Å². The van der Waals surface area contributed by atoms with Gasteiger partial charge >= 0.3 is 0 Å². The number of rotatable bonds is 7. The number of aliphatic hydroxyl groups is 1. The van der Waals surface area contributed by atoms with Gasteiger partial charge in [0.2, 0.25) is 5.91 Å². The molecule has 0 aromatic heterocycles. The molecule has 162 valence electrons. The Labute approximate surface area is 181 Å². The maximum atomic E-state index is 12.1. The van der Waals surface area contributed by atoms with E-state index in [1.54, 1.807) is 7.05 Å². The molecular weight excluding hydrogens is 392 g/mol. The Bertz CT molecular complexity index is 1040. The van der Waals surface area contributed by atoms with Crippen LogP contribution in [0.4, 0.5) is 17.1 Å². The van der Waals surface area contributed by atoms with E-state index in [9.17, 15) is 9.90 Å². The summed E-state index contributed by atoms with van der Waals surface area (Å²) in [5.41, 5.74) is 12.2. The highest BCUT2D eigenvalue weighted by Gasteiger charge is 2.21. The molecular formula is C23H28N6O2. The van der Waals surface area contributed by atoms with Crippen molar-refractivity contribution in [2.75, 3.05) is 36.1 Å². The van der Waals surface area contributed by atoms with E-state index in [0.717, 1.165) is 34.4 Å². The van der Waals surface area contributed by atoms with Crippen LogP contribution in [0.3, 0.4) is 0 Å². The molecule has 3 rings (SSSR count). The molecule has 0 fully saturated rings. The van der Waals surface area contributed by atoms with Crippen molar-refractivity contribution in [3.63, 3.8) is 0 Å². The molecule has 0 bridgehead atoms. The first-order valence-corrected chi connectivity index (χ1v) is 10.1. The second-order valence-corrected chi connectivity index (χ2v) is 7.34. The van der Waals surface area contributed by atoms with E-state index in [0.29, 0.717) is 29.8 Å². The summed E-state index contributed by atoms with van der Waals surface area (Å²) in [6.07, 6.45) is 3.09. The van der Waals surface area contributed by atoms with Gasteiger partial charge in [-0.25, -0.2) is 0 Å². The quantitative estimate of drug-likeness (QED) is 0.383. The molecule has 0 saturated heterocycles. The predicted octanol–water partition coefficient (Wildman–Crippen LogP) is 2.92. The summed E-state index contributed by atoms with van der Waals surface area (Å²) in [5, 5.41) is 26.5. The van der Waals surface area contributed by atoms with E-state index in [-0.39, 0.29) is 18.6 Å². The molecule has 8 heteroatoms. The molecule has 1 heterocycles. The number of amides is 1. The summed E-state index contributed by atoms with van der Waals surface area (Å²) < 4.78 is 0. The first-order valence-electron chi connectivity index (χ1n) is 10.1. The Hall–Kier alpha value is -3.65. The van der Waals surface area contributed by atoms with E-state index in [1.165, 1.54) is 6.21 Å². The first-order chi connectivity index (χ1) is 15.0. The average molecular weight is 421 g/mol. The van der Waals surface area contributed by atoms with Crippen LogP contribution in [0.15, 0.2) is 47.0 Å². The summed E-state index contributed by atoms with van der Waals surface area (Å²) in [4.78, 5) is 16.1. The van der Waals surface area contributed by atoms with E-state index in [1.807, 2.05) is 43.3 Å². The fourth-order valence-corrected chi connectivity index (χ4v) is 3.59. The largest absolute Gasteiger partial charge is 0.398 e. The summed E-state index contributed by atoms with van der Waals surface area (Å²) in [6, 6.07) is 11.5. The molecule has 0 radical (unpaired) electrons. The van der Waals surface area contributed by atoms with E-state index in [4.69, 9.17) is 11.1 Å². The van der Waals surface area contributed by atoms with Crippen molar-refractivity contribution < 1.29 is 9.90 Å². The van der Waals surface area contributed by atoms with Gasteiger partial charge in [-0.2, -0.15) is 0 Å². The number of carbonyl (C=O) groups is 1. The monoisotopic (exact) mass is 420 g/mol. The molecule has 1 aliphatic rings. The Kier molecular flexibility index (Phi) is 7.04. The van der Waals surface area contributed by atoms with Crippen LogP contribution < -0.4 is 21.7 Å². The predicted molar refractivity (Wildman–Crippen MR) is 128 cm³/mol. The SMILES string of the molecule is CN=C/C(C=N)=C(/N)c1cc(-c2cccc3c2N[C@H](C)CC(=O)N3)ccc1NCCO. The van der Waals surface area contributed by atoms with Crippen molar-refractivity contribution in [2.24, 2.45) is 10.7 Å². The van der Waals surface area contributed by atoms with Gasteiger partial charge in [0, 0.05) is 60.9 Å². The lowest BCUT2D eigenvalue weighted by Crippen LogP contribution is -2.19. The van der Waals surface area contributed by atoms with E-state index < -0.39 is 0 Å². The number of nitrogens with two attached hydrogens (primary N) is 1. The van der Waals surface area contributed by atoms with Crippen LogP contribution in [0.25, 0.3) is 16.8 Å². The number of nitrogens with one attached hydrogen (secondary N) is 4. The number of carbonyl (C=O) groups excluding carboxylic acids is 1. The van der Waals surface area contributed by atoms with Gasteiger partial charge in [-0.05, 0) is 30.7 Å². The summed E-state index contributed by atoms with van der Waals surface area (Å²) in [7, 11) is 1.62. The van der Waals surface area contributed by atoms with Crippen LogP contribution in [0.5, 0.6) is 0 Å². The molecule has 31 heavy (non-hydrogen) atoms. The molecule has 7 N–H and O–H groups in total. The lowest BCUT2D eigenvalue weighted by Gasteiger charge is -2.19. The Balaban J connectivity index is 2.17. The summed E-state index contributed by atoms with van der Waals surface area (Å²) >= 11 is 0. The first kappa shape index (κ1) is 22.0. The van der Waals surface area contributed by atoms with Gasteiger partial charge in [0.15, 0.2) is 0 Å². The van der Waals surface area contributed by atoms with Crippen LogP contribution in [-0.2, 0) is 4.79 Å². The third-order valence-corrected chi connectivity index (χ3v) is 5.00. The zero-order valence-electron chi connectivity index (χ0n) is 17.7. The zero-order chi connectivity index (χ0) is 22.4. The number of para-hydroxylation sites is 1. The topological polar surface area (TPSA) is 136 Å². The van der Waals surface area contributed by atoms with Gasteiger partial charge in [-0.15, -0.1) is 0 Å².